The van der Waals surface area contributed by atoms with Gasteiger partial charge in [0.15, 0.2) is 6.10 Å². The molecule has 1 unspecified atom stereocenters. The molecule has 0 aliphatic carbocycles. The first kappa shape index (κ1) is 20.0. The first-order valence-corrected chi connectivity index (χ1v) is 8.07. The van der Waals surface area contributed by atoms with Crippen molar-refractivity contribution in [2.45, 2.75) is 26.5 Å². The van der Waals surface area contributed by atoms with E-state index in [4.69, 9.17) is 4.74 Å². The number of amides is 2. The highest BCUT2D eigenvalue weighted by molar-refractivity contribution is 5.97. The summed E-state index contributed by atoms with van der Waals surface area (Å²) in [6, 6.07) is 9.40. The van der Waals surface area contributed by atoms with Crippen molar-refractivity contribution in [3.8, 4) is 0 Å². The van der Waals surface area contributed by atoms with Gasteiger partial charge in [-0.2, -0.15) is 0 Å². The maximum absolute atomic E-state index is 13.6. The first-order chi connectivity index (χ1) is 12.8. The molecule has 0 aromatic heterocycles. The number of nitrogens with one attached hydrogen (secondary N) is 2. The molecule has 0 aliphatic heterocycles. The molecule has 0 saturated heterocycles. The van der Waals surface area contributed by atoms with E-state index in [0.29, 0.717) is 6.54 Å². The predicted molar refractivity (Wildman–Crippen MR) is 93.8 cm³/mol. The van der Waals surface area contributed by atoms with Crippen LogP contribution >= 0.6 is 0 Å². The SMILES string of the molecule is CC(=O)NCc1ccc(C(=O)OC(C)C(=O)Nc2c(F)cccc2F)cc1. The Kier molecular flexibility index (Phi) is 6.59. The molecule has 142 valence electrons. The zero-order valence-electron chi connectivity index (χ0n) is 14.7. The molecule has 2 rings (SSSR count). The molecular formula is C19H18F2N2O4. The lowest BCUT2D eigenvalue weighted by Crippen LogP contribution is -2.30. The maximum Gasteiger partial charge on any atom is 0.338 e. The fourth-order valence-corrected chi connectivity index (χ4v) is 2.11. The third-order valence-electron chi connectivity index (χ3n) is 3.60. The number of esters is 1. The molecule has 27 heavy (non-hydrogen) atoms. The minimum atomic E-state index is -1.27. The minimum absolute atomic E-state index is 0.176. The smallest absolute Gasteiger partial charge is 0.338 e. The van der Waals surface area contributed by atoms with E-state index < -0.39 is 35.3 Å². The van der Waals surface area contributed by atoms with Crippen LogP contribution in [0.3, 0.4) is 0 Å². The largest absolute Gasteiger partial charge is 0.449 e. The molecule has 0 fully saturated rings. The Labute approximate surface area is 154 Å². The molecule has 2 aromatic rings. The van der Waals surface area contributed by atoms with Crippen molar-refractivity contribution in [1.82, 2.24) is 5.32 Å². The maximum atomic E-state index is 13.6. The summed E-state index contributed by atoms with van der Waals surface area (Å²) in [5.74, 6) is -3.68. The fourth-order valence-electron chi connectivity index (χ4n) is 2.11. The van der Waals surface area contributed by atoms with Crippen LogP contribution in [0.1, 0.15) is 29.8 Å². The summed E-state index contributed by atoms with van der Waals surface area (Å²) in [5, 5.41) is 4.69. The normalized spacial score (nSPS) is 11.4. The van der Waals surface area contributed by atoms with Gasteiger partial charge in [-0.25, -0.2) is 13.6 Å². The molecule has 1 atom stereocenters. The topological polar surface area (TPSA) is 84.5 Å². The summed E-state index contributed by atoms with van der Waals surface area (Å²) in [6.07, 6.45) is -1.27. The van der Waals surface area contributed by atoms with Gasteiger partial charge < -0.3 is 15.4 Å². The number of halogens is 2. The van der Waals surface area contributed by atoms with Crippen molar-refractivity contribution < 1.29 is 27.9 Å². The first-order valence-electron chi connectivity index (χ1n) is 8.07. The lowest BCUT2D eigenvalue weighted by atomic mass is 10.1. The molecule has 0 bridgehead atoms. The number of ether oxygens (including phenoxy) is 1. The van der Waals surface area contributed by atoms with Gasteiger partial charge in [-0.15, -0.1) is 0 Å². The summed E-state index contributed by atoms with van der Waals surface area (Å²) in [4.78, 5) is 35.0. The van der Waals surface area contributed by atoms with Gasteiger partial charge in [0.25, 0.3) is 5.91 Å². The number of benzene rings is 2. The van der Waals surface area contributed by atoms with E-state index in [1.54, 1.807) is 12.1 Å². The van der Waals surface area contributed by atoms with E-state index >= 15 is 0 Å². The molecule has 6 nitrogen and oxygen atoms in total. The van der Waals surface area contributed by atoms with Gasteiger partial charge in [0, 0.05) is 13.5 Å². The van der Waals surface area contributed by atoms with Gasteiger partial charge in [0.2, 0.25) is 5.91 Å². The van der Waals surface area contributed by atoms with Crippen LogP contribution in [0.25, 0.3) is 0 Å². The molecule has 0 saturated carbocycles. The van der Waals surface area contributed by atoms with E-state index in [2.05, 4.69) is 10.6 Å². The van der Waals surface area contributed by atoms with Gasteiger partial charge >= 0.3 is 5.97 Å². The number of hydrogen-bond acceptors (Lipinski definition) is 4. The number of para-hydroxylation sites is 1. The second kappa shape index (κ2) is 8.88. The van der Waals surface area contributed by atoms with Crippen LogP contribution in [0.2, 0.25) is 0 Å². The Morgan fingerprint density at radius 1 is 1.04 bits per heavy atom. The highest BCUT2D eigenvalue weighted by Crippen LogP contribution is 2.18. The summed E-state index contributed by atoms with van der Waals surface area (Å²) in [7, 11) is 0. The van der Waals surface area contributed by atoms with E-state index in [9.17, 15) is 23.2 Å². The van der Waals surface area contributed by atoms with Gasteiger partial charge in [0.1, 0.15) is 17.3 Å². The zero-order chi connectivity index (χ0) is 20.0. The van der Waals surface area contributed by atoms with E-state index in [1.165, 1.54) is 32.0 Å². The molecule has 0 spiro atoms. The Balaban J connectivity index is 1.96. The molecule has 2 amide bonds. The lowest BCUT2D eigenvalue weighted by Gasteiger charge is -2.14. The minimum Gasteiger partial charge on any atom is -0.449 e. The molecule has 0 aliphatic rings. The van der Waals surface area contributed by atoms with E-state index in [0.717, 1.165) is 17.7 Å². The Hall–Kier alpha value is -3.29. The predicted octanol–water partition coefficient (Wildman–Crippen LogP) is 2.78. The molecule has 0 radical (unpaired) electrons. The van der Waals surface area contributed by atoms with Crippen LogP contribution in [-0.2, 0) is 20.9 Å². The molecule has 8 heteroatoms. The van der Waals surface area contributed by atoms with Crippen molar-refractivity contribution in [3.63, 3.8) is 0 Å². The third kappa shape index (κ3) is 5.60. The Morgan fingerprint density at radius 2 is 1.63 bits per heavy atom. The van der Waals surface area contributed by atoms with Crippen molar-refractivity contribution in [3.05, 3.63) is 65.2 Å². The van der Waals surface area contributed by atoms with Crippen LogP contribution in [-0.4, -0.2) is 23.9 Å². The lowest BCUT2D eigenvalue weighted by molar-refractivity contribution is -0.123. The Morgan fingerprint density at radius 3 is 2.19 bits per heavy atom. The third-order valence-corrected chi connectivity index (χ3v) is 3.60. The number of carbonyl (C=O) groups is 3. The zero-order valence-corrected chi connectivity index (χ0v) is 14.7. The fraction of sp³-hybridized carbons (Fsp3) is 0.211. The highest BCUT2D eigenvalue weighted by Gasteiger charge is 2.21. The summed E-state index contributed by atoms with van der Waals surface area (Å²) in [5.41, 5.74) is 0.369. The number of carbonyl (C=O) groups excluding carboxylic acids is 3. The second-order valence-corrected chi connectivity index (χ2v) is 5.74. The van der Waals surface area contributed by atoms with Crippen LogP contribution in [0.5, 0.6) is 0 Å². The van der Waals surface area contributed by atoms with Gasteiger partial charge in [-0.3, -0.25) is 9.59 Å². The van der Waals surface area contributed by atoms with Crippen LogP contribution in [0.15, 0.2) is 42.5 Å². The second-order valence-electron chi connectivity index (χ2n) is 5.74. The average molecular weight is 376 g/mol. The summed E-state index contributed by atoms with van der Waals surface area (Å²) < 4.78 is 32.1. The van der Waals surface area contributed by atoms with Crippen LogP contribution in [0.4, 0.5) is 14.5 Å². The van der Waals surface area contributed by atoms with Crippen LogP contribution in [0, 0.1) is 11.6 Å². The van der Waals surface area contributed by atoms with Gasteiger partial charge in [0.05, 0.1) is 5.56 Å². The van der Waals surface area contributed by atoms with Crippen molar-refractivity contribution in [1.29, 1.82) is 0 Å². The molecule has 0 heterocycles. The van der Waals surface area contributed by atoms with E-state index in [-0.39, 0.29) is 11.5 Å². The van der Waals surface area contributed by atoms with Crippen molar-refractivity contribution >= 4 is 23.5 Å². The average Bonchev–Trinajstić information content (AvgIpc) is 2.63. The quantitative estimate of drug-likeness (QED) is 0.760. The molecule has 2 aromatic carbocycles. The highest BCUT2D eigenvalue weighted by atomic mass is 19.1. The summed E-state index contributed by atoms with van der Waals surface area (Å²) >= 11 is 0. The number of rotatable bonds is 6. The van der Waals surface area contributed by atoms with Crippen molar-refractivity contribution in [2.75, 3.05) is 5.32 Å². The number of hydrogen-bond donors (Lipinski definition) is 2. The van der Waals surface area contributed by atoms with Gasteiger partial charge in [-0.1, -0.05) is 18.2 Å². The van der Waals surface area contributed by atoms with Crippen molar-refractivity contribution in [2.24, 2.45) is 0 Å². The summed E-state index contributed by atoms with van der Waals surface area (Å²) in [6.45, 7) is 3.00. The number of anilines is 1. The monoisotopic (exact) mass is 376 g/mol. The van der Waals surface area contributed by atoms with E-state index in [1.807, 2.05) is 0 Å². The Bertz CT molecular complexity index is 833. The van der Waals surface area contributed by atoms with Gasteiger partial charge in [-0.05, 0) is 36.8 Å². The molecule has 2 N–H and O–H groups in total. The van der Waals surface area contributed by atoms with Crippen LogP contribution < -0.4 is 10.6 Å². The standard InChI is InChI=1S/C19H18F2N2O4/c1-11(18(25)23-17-15(20)4-3-5-16(17)21)27-19(26)14-8-6-13(7-9-14)10-22-12(2)24/h3-9,11H,10H2,1-2H3,(H,22,24)(H,23,25). The molecular weight excluding hydrogens is 358 g/mol.